The quantitative estimate of drug-likeness (QED) is 0.562. The lowest BCUT2D eigenvalue weighted by Crippen LogP contribution is -2.30. The number of nitrogens with one attached hydrogen (secondary N) is 1. The summed E-state index contributed by atoms with van der Waals surface area (Å²) < 4.78 is 31.1. The second-order valence-electron chi connectivity index (χ2n) is 4.82. The second-order valence-corrected chi connectivity index (χ2v) is 6.74. The first-order chi connectivity index (χ1) is 8.89. The zero-order chi connectivity index (χ0) is 14.3. The minimum atomic E-state index is -3.19. The second kappa shape index (κ2) is 7.35. The summed E-state index contributed by atoms with van der Waals surface area (Å²) in [6.45, 7) is 4.54. The molecular weight excluding hydrogens is 264 g/mol. The molecule has 0 aliphatic carbocycles. The van der Waals surface area contributed by atoms with E-state index in [2.05, 4.69) is 4.72 Å². The van der Waals surface area contributed by atoms with Gasteiger partial charge >= 0.3 is 0 Å². The molecule has 0 amide bonds. The molecule has 0 radical (unpaired) electrons. The summed E-state index contributed by atoms with van der Waals surface area (Å²) in [5.41, 5.74) is 6.23. The molecule has 6 heteroatoms. The molecule has 0 aliphatic rings. The highest BCUT2D eigenvalue weighted by Gasteiger charge is 2.10. The smallest absolute Gasteiger partial charge is 0.211 e. The fraction of sp³-hybridized carbons (Fsp3) is 0.538. The third-order valence-corrected chi connectivity index (χ3v) is 3.93. The lowest BCUT2D eigenvalue weighted by Gasteiger charge is -2.09. The van der Waals surface area contributed by atoms with Crippen molar-refractivity contribution in [3.63, 3.8) is 0 Å². The van der Waals surface area contributed by atoms with Gasteiger partial charge in [0, 0.05) is 18.3 Å². The molecule has 0 spiro atoms. The monoisotopic (exact) mass is 286 g/mol. The van der Waals surface area contributed by atoms with E-state index in [0.29, 0.717) is 23.8 Å². The highest BCUT2D eigenvalue weighted by Crippen LogP contribution is 2.13. The molecule has 0 bridgehead atoms. The Labute approximate surface area is 115 Å². The topological polar surface area (TPSA) is 81.4 Å². The van der Waals surface area contributed by atoms with Crippen LogP contribution in [0.25, 0.3) is 0 Å². The van der Waals surface area contributed by atoms with Crippen molar-refractivity contribution < 1.29 is 13.2 Å². The van der Waals surface area contributed by atoms with E-state index in [9.17, 15) is 8.42 Å². The Morgan fingerprint density at radius 3 is 2.74 bits per heavy atom. The molecule has 3 N–H and O–H groups in total. The van der Waals surface area contributed by atoms with Crippen molar-refractivity contribution in [3.05, 3.63) is 24.3 Å². The number of hydrogen-bond donors (Lipinski definition) is 2. The van der Waals surface area contributed by atoms with Crippen LogP contribution in [0.4, 0.5) is 5.69 Å². The number of anilines is 1. The van der Waals surface area contributed by atoms with Crippen molar-refractivity contribution in [2.24, 2.45) is 5.92 Å². The van der Waals surface area contributed by atoms with Gasteiger partial charge in [0.1, 0.15) is 12.4 Å². The van der Waals surface area contributed by atoms with Crippen LogP contribution in [0.15, 0.2) is 24.3 Å². The Bertz CT molecular complexity index is 486. The number of nitrogens with two attached hydrogens (primary N) is 1. The first-order valence-corrected chi connectivity index (χ1v) is 8.00. The van der Waals surface area contributed by atoms with Crippen LogP contribution < -0.4 is 15.2 Å². The zero-order valence-corrected chi connectivity index (χ0v) is 12.2. The van der Waals surface area contributed by atoms with Crippen LogP contribution >= 0.6 is 0 Å². The molecular formula is C13H22N2O3S. The van der Waals surface area contributed by atoms with E-state index in [1.807, 2.05) is 13.8 Å². The third kappa shape index (κ3) is 7.03. The van der Waals surface area contributed by atoms with Gasteiger partial charge in [-0.1, -0.05) is 19.9 Å². The number of rotatable bonds is 8. The summed E-state index contributed by atoms with van der Waals surface area (Å²) in [4.78, 5) is 0. The van der Waals surface area contributed by atoms with Crippen molar-refractivity contribution in [2.45, 2.75) is 20.3 Å². The predicted octanol–water partition coefficient (Wildman–Crippen LogP) is 1.61. The van der Waals surface area contributed by atoms with E-state index in [0.717, 1.165) is 0 Å². The summed E-state index contributed by atoms with van der Waals surface area (Å²) in [7, 11) is -3.19. The predicted molar refractivity (Wildman–Crippen MR) is 77.6 cm³/mol. The van der Waals surface area contributed by atoms with Crippen molar-refractivity contribution in [3.8, 4) is 5.75 Å². The molecule has 108 valence electrons. The minimum absolute atomic E-state index is 0.156. The Kier molecular flexibility index (Phi) is 6.11. The number of hydrogen-bond acceptors (Lipinski definition) is 4. The fourth-order valence-corrected chi connectivity index (χ4v) is 2.75. The molecule has 1 aromatic rings. The van der Waals surface area contributed by atoms with Gasteiger partial charge in [-0.15, -0.1) is 0 Å². The molecule has 0 saturated carbocycles. The Balaban J connectivity index is 2.27. The molecule has 0 aliphatic heterocycles. The summed E-state index contributed by atoms with van der Waals surface area (Å²) in [6, 6.07) is 7.04. The van der Waals surface area contributed by atoms with Gasteiger partial charge in [-0.25, -0.2) is 13.1 Å². The third-order valence-electron chi connectivity index (χ3n) is 2.51. The standard InChI is InChI=1S/C13H22N2O3S/c1-11(2)6-9-19(16,17)15-7-8-18-13-5-3-4-12(14)10-13/h3-5,10-11,15H,6-9,14H2,1-2H3. The van der Waals surface area contributed by atoms with Crippen LogP contribution in [-0.4, -0.2) is 27.3 Å². The molecule has 5 nitrogen and oxygen atoms in total. The highest BCUT2D eigenvalue weighted by molar-refractivity contribution is 7.89. The first kappa shape index (κ1) is 15.8. The molecule has 0 fully saturated rings. The molecule has 1 aromatic carbocycles. The van der Waals surface area contributed by atoms with Gasteiger partial charge in [-0.3, -0.25) is 0 Å². The Morgan fingerprint density at radius 1 is 1.37 bits per heavy atom. The van der Waals surface area contributed by atoms with Gasteiger partial charge in [-0.05, 0) is 24.5 Å². The van der Waals surface area contributed by atoms with E-state index >= 15 is 0 Å². The fourth-order valence-electron chi connectivity index (χ4n) is 1.43. The SMILES string of the molecule is CC(C)CCS(=O)(=O)NCCOc1cccc(N)c1. The van der Waals surface area contributed by atoms with Crippen LogP contribution in [0.5, 0.6) is 5.75 Å². The summed E-state index contributed by atoms with van der Waals surface area (Å²) in [6.07, 6.45) is 0.658. The number of nitrogen functional groups attached to an aromatic ring is 1. The summed E-state index contributed by atoms with van der Waals surface area (Å²) >= 11 is 0. The van der Waals surface area contributed by atoms with Gasteiger partial charge in [-0.2, -0.15) is 0 Å². The van der Waals surface area contributed by atoms with Gasteiger partial charge in [0.05, 0.1) is 5.75 Å². The van der Waals surface area contributed by atoms with Gasteiger partial charge in [0.2, 0.25) is 10.0 Å². The molecule has 0 atom stereocenters. The van der Waals surface area contributed by atoms with E-state index in [1.54, 1.807) is 24.3 Å². The van der Waals surface area contributed by atoms with E-state index in [-0.39, 0.29) is 18.9 Å². The average molecular weight is 286 g/mol. The van der Waals surface area contributed by atoms with E-state index in [1.165, 1.54) is 0 Å². The molecule has 0 aromatic heterocycles. The van der Waals surface area contributed by atoms with E-state index < -0.39 is 10.0 Å². The zero-order valence-electron chi connectivity index (χ0n) is 11.4. The summed E-state index contributed by atoms with van der Waals surface area (Å²) in [5, 5.41) is 0. The number of sulfonamides is 1. The maximum atomic E-state index is 11.6. The summed E-state index contributed by atoms with van der Waals surface area (Å²) in [5.74, 6) is 1.17. The Hall–Kier alpha value is -1.27. The molecule has 0 heterocycles. The maximum Gasteiger partial charge on any atom is 0.211 e. The van der Waals surface area contributed by atoms with Gasteiger partial charge in [0.25, 0.3) is 0 Å². The largest absolute Gasteiger partial charge is 0.492 e. The molecule has 0 unspecified atom stereocenters. The van der Waals surface area contributed by atoms with Gasteiger partial charge < -0.3 is 10.5 Å². The van der Waals surface area contributed by atoms with Gasteiger partial charge in [0.15, 0.2) is 0 Å². The van der Waals surface area contributed by atoms with Crippen molar-refractivity contribution in [2.75, 3.05) is 24.6 Å². The van der Waals surface area contributed by atoms with Crippen molar-refractivity contribution in [1.82, 2.24) is 4.72 Å². The van der Waals surface area contributed by atoms with E-state index in [4.69, 9.17) is 10.5 Å². The average Bonchev–Trinajstić information content (AvgIpc) is 2.33. The number of ether oxygens (including phenoxy) is 1. The number of benzene rings is 1. The molecule has 1 rings (SSSR count). The van der Waals surface area contributed by atoms with Crippen LogP contribution in [0.2, 0.25) is 0 Å². The minimum Gasteiger partial charge on any atom is -0.492 e. The van der Waals surface area contributed by atoms with Crippen molar-refractivity contribution >= 4 is 15.7 Å². The van der Waals surface area contributed by atoms with Crippen molar-refractivity contribution in [1.29, 1.82) is 0 Å². The molecule has 19 heavy (non-hydrogen) atoms. The maximum absolute atomic E-state index is 11.6. The Morgan fingerprint density at radius 2 is 2.11 bits per heavy atom. The van der Waals surface area contributed by atoms with Crippen LogP contribution in [-0.2, 0) is 10.0 Å². The normalized spacial score (nSPS) is 11.7. The highest BCUT2D eigenvalue weighted by atomic mass is 32.2. The molecule has 0 saturated heterocycles. The van der Waals surface area contributed by atoms with Crippen LogP contribution in [0.1, 0.15) is 20.3 Å². The lowest BCUT2D eigenvalue weighted by molar-refractivity contribution is 0.323. The lowest BCUT2D eigenvalue weighted by atomic mass is 10.2. The van der Waals surface area contributed by atoms with Crippen LogP contribution in [0.3, 0.4) is 0 Å². The first-order valence-electron chi connectivity index (χ1n) is 6.35. The van der Waals surface area contributed by atoms with Crippen LogP contribution in [0, 0.1) is 5.92 Å².